The average Bonchev–Trinajstić information content (AvgIpc) is 3.81. The minimum Gasteiger partial charge on any atom is -0.453 e. The Hall–Kier alpha value is -6.72. The maximum atomic E-state index is 6.36. The zero-order valence-electron chi connectivity index (χ0n) is 26.2. The molecule has 228 valence electrons. The molecular weight excluding hydrogens is 601 g/mol. The molecule has 0 amide bonds. The van der Waals surface area contributed by atoms with Gasteiger partial charge in [0.15, 0.2) is 5.58 Å². The third-order valence-corrected chi connectivity index (χ3v) is 9.99. The van der Waals surface area contributed by atoms with Crippen LogP contribution in [0, 0.1) is 0 Å². The summed E-state index contributed by atoms with van der Waals surface area (Å²) in [6, 6.07) is 53.8. The number of hydrogen-bond donors (Lipinski definition) is 0. The lowest BCUT2D eigenvalue weighted by molar-refractivity contribution is 0.665. The lowest BCUT2D eigenvalue weighted by Gasteiger charge is -2.17. The van der Waals surface area contributed by atoms with Crippen molar-refractivity contribution < 1.29 is 4.42 Å². The number of furan rings is 1. The molecule has 5 heteroatoms. The highest BCUT2D eigenvalue weighted by molar-refractivity contribution is 6.13. The van der Waals surface area contributed by atoms with E-state index in [1.54, 1.807) is 0 Å². The molecule has 0 aliphatic carbocycles. The van der Waals surface area contributed by atoms with Crippen LogP contribution in [0.3, 0.4) is 0 Å². The topological polar surface area (TPSA) is 48.8 Å². The van der Waals surface area contributed by atoms with E-state index in [0.717, 1.165) is 44.3 Å². The second-order valence-electron chi connectivity index (χ2n) is 12.6. The molecule has 0 spiro atoms. The van der Waals surface area contributed by atoms with Gasteiger partial charge < -0.3 is 8.98 Å². The molecule has 11 rings (SSSR count). The van der Waals surface area contributed by atoms with E-state index < -0.39 is 0 Å². The Morgan fingerprint density at radius 1 is 0.449 bits per heavy atom. The van der Waals surface area contributed by atoms with Crippen molar-refractivity contribution in [2.75, 3.05) is 0 Å². The number of nitrogens with zero attached hydrogens (tertiary/aromatic N) is 4. The van der Waals surface area contributed by atoms with Crippen molar-refractivity contribution in [2.45, 2.75) is 0 Å². The van der Waals surface area contributed by atoms with Crippen LogP contribution in [0.25, 0.3) is 99.2 Å². The molecule has 0 saturated carbocycles. The van der Waals surface area contributed by atoms with Crippen molar-refractivity contribution in [1.82, 2.24) is 19.1 Å². The van der Waals surface area contributed by atoms with E-state index in [1.807, 2.05) is 6.20 Å². The van der Waals surface area contributed by atoms with Gasteiger partial charge in [0, 0.05) is 32.5 Å². The van der Waals surface area contributed by atoms with Gasteiger partial charge >= 0.3 is 0 Å². The summed E-state index contributed by atoms with van der Waals surface area (Å²) >= 11 is 0. The monoisotopic (exact) mass is 626 g/mol. The summed E-state index contributed by atoms with van der Waals surface area (Å²) in [4.78, 5) is 10.0. The van der Waals surface area contributed by atoms with Crippen LogP contribution in [0.2, 0.25) is 0 Å². The van der Waals surface area contributed by atoms with E-state index in [9.17, 15) is 0 Å². The van der Waals surface area contributed by atoms with Crippen molar-refractivity contribution >= 4 is 76.5 Å². The second kappa shape index (κ2) is 9.89. The third kappa shape index (κ3) is 3.70. The van der Waals surface area contributed by atoms with E-state index in [4.69, 9.17) is 14.4 Å². The molecule has 0 bridgehead atoms. The minimum atomic E-state index is 0.620. The number of hydrogen-bond acceptors (Lipinski definition) is 3. The highest BCUT2D eigenvalue weighted by Gasteiger charge is 2.20. The Bertz CT molecular complexity index is 3020. The minimum absolute atomic E-state index is 0.620. The summed E-state index contributed by atoms with van der Waals surface area (Å²) in [5, 5.41) is 8.16. The van der Waals surface area contributed by atoms with Gasteiger partial charge in [0.2, 0.25) is 5.95 Å². The quantitative estimate of drug-likeness (QED) is 0.196. The first-order valence-corrected chi connectivity index (χ1v) is 16.5. The Morgan fingerprint density at radius 3 is 1.63 bits per heavy atom. The SMILES string of the molecule is c1ccc2c(-c3ccc4oc5cnc(-n6c7ccccc7c7ccccc76)nc5c4c3)c(-n3c4ccccc4c4ccccc43)ccc2c1. The van der Waals surface area contributed by atoms with Crippen LogP contribution in [0.4, 0.5) is 0 Å². The fourth-order valence-electron chi connectivity index (χ4n) is 7.88. The Morgan fingerprint density at radius 2 is 1.00 bits per heavy atom. The van der Waals surface area contributed by atoms with Crippen LogP contribution in [0.15, 0.2) is 162 Å². The van der Waals surface area contributed by atoms with Gasteiger partial charge in [-0.2, -0.15) is 0 Å². The fraction of sp³-hybridized carbons (Fsp3) is 0. The fourth-order valence-corrected chi connectivity index (χ4v) is 7.88. The van der Waals surface area contributed by atoms with Gasteiger partial charge in [0.05, 0.1) is 34.0 Å². The van der Waals surface area contributed by atoms with Crippen molar-refractivity contribution in [1.29, 1.82) is 0 Å². The van der Waals surface area contributed by atoms with Crippen LogP contribution in [0.5, 0.6) is 0 Å². The van der Waals surface area contributed by atoms with E-state index in [1.165, 1.54) is 43.4 Å². The predicted molar refractivity (Wildman–Crippen MR) is 201 cm³/mol. The lowest BCUT2D eigenvalue weighted by Crippen LogP contribution is -2.00. The van der Waals surface area contributed by atoms with Crippen molar-refractivity contribution in [3.05, 3.63) is 158 Å². The molecule has 4 aromatic heterocycles. The lowest BCUT2D eigenvalue weighted by atomic mass is 9.95. The molecule has 0 radical (unpaired) electrons. The highest BCUT2D eigenvalue weighted by atomic mass is 16.3. The van der Waals surface area contributed by atoms with Gasteiger partial charge in [-0.15, -0.1) is 0 Å². The molecule has 0 N–H and O–H groups in total. The molecule has 0 aliphatic heterocycles. The molecule has 0 fully saturated rings. The van der Waals surface area contributed by atoms with Crippen LogP contribution in [-0.2, 0) is 0 Å². The van der Waals surface area contributed by atoms with Crippen LogP contribution in [0.1, 0.15) is 0 Å². The van der Waals surface area contributed by atoms with Gasteiger partial charge in [-0.1, -0.05) is 109 Å². The molecular formula is C44H26N4O. The first-order chi connectivity index (χ1) is 24.3. The van der Waals surface area contributed by atoms with Gasteiger partial charge in [-0.05, 0) is 58.8 Å². The molecule has 49 heavy (non-hydrogen) atoms. The molecule has 0 unspecified atom stereocenters. The first-order valence-electron chi connectivity index (χ1n) is 16.5. The number of benzene rings is 7. The molecule has 0 saturated heterocycles. The maximum Gasteiger partial charge on any atom is 0.235 e. The predicted octanol–water partition coefficient (Wildman–Crippen LogP) is 11.4. The van der Waals surface area contributed by atoms with Crippen LogP contribution >= 0.6 is 0 Å². The van der Waals surface area contributed by atoms with E-state index in [-0.39, 0.29) is 0 Å². The Kier molecular flexibility index (Phi) is 5.32. The highest BCUT2D eigenvalue weighted by Crippen LogP contribution is 2.41. The first kappa shape index (κ1) is 26.4. The molecule has 0 atom stereocenters. The van der Waals surface area contributed by atoms with Gasteiger partial charge in [-0.25, -0.2) is 9.97 Å². The summed E-state index contributed by atoms with van der Waals surface area (Å²) in [6.07, 6.45) is 1.81. The van der Waals surface area contributed by atoms with Crippen molar-refractivity contribution in [3.63, 3.8) is 0 Å². The summed E-state index contributed by atoms with van der Waals surface area (Å²) in [5.41, 5.74) is 10.1. The number of para-hydroxylation sites is 4. The average molecular weight is 627 g/mol. The number of rotatable bonds is 3. The summed E-state index contributed by atoms with van der Waals surface area (Å²) in [6.45, 7) is 0. The van der Waals surface area contributed by atoms with E-state index in [0.29, 0.717) is 11.5 Å². The smallest absolute Gasteiger partial charge is 0.235 e. The van der Waals surface area contributed by atoms with Crippen molar-refractivity contribution in [2.24, 2.45) is 0 Å². The third-order valence-electron chi connectivity index (χ3n) is 9.99. The van der Waals surface area contributed by atoms with Gasteiger partial charge in [-0.3, -0.25) is 4.57 Å². The maximum absolute atomic E-state index is 6.36. The zero-order valence-corrected chi connectivity index (χ0v) is 26.2. The van der Waals surface area contributed by atoms with Crippen LogP contribution in [-0.4, -0.2) is 19.1 Å². The summed E-state index contributed by atoms with van der Waals surface area (Å²) in [7, 11) is 0. The van der Waals surface area contributed by atoms with Crippen molar-refractivity contribution in [3.8, 4) is 22.8 Å². The second-order valence-corrected chi connectivity index (χ2v) is 12.6. The molecule has 11 aromatic rings. The van der Waals surface area contributed by atoms with E-state index in [2.05, 4.69) is 161 Å². The summed E-state index contributed by atoms with van der Waals surface area (Å²) < 4.78 is 10.9. The van der Waals surface area contributed by atoms with Crippen LogP contribution < -0.4 is 0 Å². The normalized spacial score (nSPS) is 12.1. The molecule has 7 aromatic carbocycles. The molecule has 5 nitrogen and oxygen atoms in total. The van der Waals surface area contributed by atoms with Gasteiger partial charge in [0.25, 0.3) is 0 Å². The number of fused-ring (bicyclic) bond motifs is 10. The Labute approximate surface area is 279 Å². The summed E-state index contributed by atoms with van der Waals surface area (Å²) in [5.74, 6) is 0.620. The van der Waals surface area contributed by atoms with E-state index >= 15 is 0 Å². The molecule has 4 heterocycles. The zero-order chi connectivity index (χ0) is 32.1. The Balaban J connectivity index is 1.19. The van der Waals surface area contributed by atoms with Gasteiger partial charge in [0.1, 0.15) is 11.1 Å². The largest absolute Gasteiger partial charge is 0.453 e. The standard InChI is InChI=1S/C44H26N4O/c1-2-12-29-27(11-1)21-23-39(47-35-17-7-3-13-30(35)31-14-4-8-18-36(31)47)42(29)28-22-24-40-34(25-28)43-41(49-40)26-45-44(46-43)48-37-19-9-5-15-32(37)33-16-6-10-20-38(33)48/h1-26H. The number of aromatic nitrogens is 4. The molecule has 0 aliphatic rings.